The zero-order valence-electron chi connectivity index (χ0n) is 21.8. The van der Waals surface area contributed by atoms with Gasteiger partial charge < -0.3 is 15.2 Å². The molecule has 7 heteroatoms. The van der Waals surface area contributed by atoms with Crippen molar-refractivity contribution in [3.05, 3.63) is 136 Å². The number of aliphatic carboxylic acids is 1. The van der Waals surface area contributed by atoms with Gasteiger partial charge in [-0.25, -0.2) is 9.18 Å². The summed E-state index contributed by atoms with van der Waals surface area (Å²) >= 11 is 6.12. The van der Waals surface area contributed by atoms with E-state index in [4.69, 9.17) is 16.3 Å². The summed E-state index contributed by atoms with van der Waals surface area (Å²) in [6.07, 6.45) is 17.2. The van der Waals surface area contributed by atoms with E-state index in [0.29, 0.717) is 17.4 Å². The SMILES string of the molecule is O=C(Cc1ccc(OCc2ccc(F)cc2)cc1)NC1(C(=O)O)CC2=CC=C(C3=CCC=C(Cl)C=C3)C=CC2C1. The van der Waals surface area contributed by atoms with Crippen molar-refractivity contribution in [2.24, 2.45) is 5.92 Å². The van der Waals surface area contributed by atoms with Gasteiger partial charge in [0, 0.05) is 17.4 Å². The Balaban J connectivity index is 1.21. The van der Waals surface area contributed by atoms with Gasteiger partial charge in [0.2, 0.25) is 5.91 Å². The topological polar surface area (TPSA) is 75.6 Å². The summed E-state index contributed by atoms with van der Waals surface area (Å²) in [5, 5.41) is 13.7. The Hall–Kier alpha value is -4.16. The van der Waals surface area contributed by atoms with Gasteiger partial charge in [-0.1, -0.05) is 84.0 Å². The van der Waals surface area contributed by atoms with E-state index in [2.05, 4.69) is 11.4 Å². The van der Waals surface area contributed by atoms with Gasteiger partial charge in [-0.2, -0.15) is 0 Å². The van der Waals surface area contributed by atoms with Gasteiger partial charge in [-0.15, -0.1) is 0 Å². The standard InChI is InChI=1S/C33H29ClFNO4/c34-28-3-1-2-24(12-13-28)25-8-10-26-19-33(32(38)39,20-27(26)11-9-25)36-31(37)18-22-6-16-30(17-7-22)40-21-23-4-14-29(35)15-5-23/h2-17,26H,1,18-21H2,(H,36,37)(H,38,39). The molecule has 2 atom stereocenters. The van der Waals surface area contributed by atoms with Crippen LogP contribution in [-0.4, -0.2) is 22.5 Å². The van der Waals surface area contributed by atoms with Gasteiger partial charge in [0.25, 0.3) is 0 Å². The zero-order valence-corrected chi connectivity index (χ0v) is 22.5. The van der Waals surface area contributed by atoms with Crippen molar-refractivity contribution in [3.63, 3.8) is 0 Å². The fourth-order valence-electron chi connectivity index (χ4n) is 5.17. The number of nitrogens with one attached hydrogen (secondary N) is 1. The number of ether oxygens (including phenoxy) is 1. The smallest absolute Gasteiger partial charge is 0.329 e. The monoisotopic (exact) mass is 557 g/mol. The minimum absolute atomic E-state index is 0.0496. The normalized spacial score (nSPS) is 21.7. The van der Waals surface area contributed by atoms with E-state index in [-0.39, 0.29) is 36.9 Å². The molecule has 2 aromatic carbocycles. The molecule has 1 amide bonds. The Labute approximate surface area is 237 Å². The molecule has 5 nitrogen and oxygen atoms in total. The molecule has 1 fully saturated rings. The van der Waals surface area contributed by atoms with E-state index >= 15 is 0 Å². The highest BCUT2D eigenvalue weighted by Crippen LogP contribution is 2.42. The minimum atomic E-state index is -1.36. The van der Waals surface area contributed by atoms with Crippen LogP contribution < -0.4 is 10.1 Å². The Morgan fingerprint density at radius 1 is 0.975 bits per heavy atom. The number of carbonyl (C=O) groups excluding carboxylic acids is 1. The lowest BCUT2D eigenvalue weighted by molar-refractivity contribution is -0.147. The molecule has 0 aromatic heterocycles. The van der Waals surface area contributed by atoms with Gasteiger partial charge in [-0.3, -0.25) is 4.79 Å². The average molecular weight is 558 g/mol. The number of amides is 1. The van der Waals surface area contributed by atoms with Gasteiger partial charge in [-0.05, 0) is 65.5 Å². The lowest BCUT2D eigenvalue weighted by atomic mass is 9.94. The number of halogens is 2. The Morgan fingerprint density at radius 3 is 2.48 bits per heavy atom. The van der Waals surface area contributed by atoms with E-state index in [1.807, 2.05) is 42.5 Å². The first-order valence-corrected chi connectivity index (χ1v) is 13.5. The number of hydrogen-bond donors (Lipinski definition) is 2. The van der Waals surface area contributed by atoms with Crippen molar-refractivity contribution in [3.8, 4) is 5.75 Å². The van der Waals surface area contributed by atoms with Crippen molar-refractivity contribution in [1.82, 2.24) is 5.32 Å². The van der Waals surface area contributed by atoms with Crippen LogP contribution in [0.2, 0.25) is 0 Å². The van der Waals surface area contributed by atoms with E-state index in [9.17, 15) is 19.1 Å². The fraction of sp³-hybridized carbons (Fsp3) is 0.212. The van der Waals surface area contributed by atoms with Crippen molar-refractivity contribution >= 4 is 23.5 Å². The van der Waals surface area contributed by atoms with Gasteiger partial charge >= 0.3 is 5.97 Å². The molecule has 2 N–H and O–H groups in total. The Kier molecular flexibility index (Phi) is 8.17. The summed E-state index contributed by atoms with van der Waals surface area (Å²) in [5.41, 5.74) is 3.29. The summed E-state index contributed by atoms with van der Waals surface area (Å²) in [6, 6.07) is 13.2. The van der Waals surface area contributed by atoms with Crippen LogP contribution >= 0.6 is 11.6 Å². The predicted molar refractivity (Wildman–Crippen MR) is 153 cm³/mol. The fourth-order valence-corrected chi connectivity index (χ4v) is 5.33. The van der Waals surface area contributed by atoms with Crippen molar-refractivity contribution < 1.29 is 23.8 Å². The molecule has 40 heavy (non-hydrogen) atoms. The third kappa shape index (κ3) is 6.52. The van der Waals surface area contributed by atoms with Crippen LogP contribution in [0.1, 0.15) is 30.4 Å². The summed E-state index contributed by atoms with van der Waals surface area (Å²) in [4.78, 5) is 25.4. The maximum Gasteiger partial charge on any atom is 0.329 e. The number of fused-ring (bicyclic) bond motifs is 1. The van der Waals surface area contributed by atoms with Crippen molar-refractivity contribution in [2.45, 2.75) is 37.8 Å². The highest BCUT2D eigenvalue weighted by Gasteiger charge is 2.48. The quantitative estimate of drug-likeness (QED) is 0.377. The second-order valence-corrected chi connectivity index (χ2v) is 10.6. The molecule has 0 aliphatic heterocycles. The second kappa shape index (κ2) is 11.9. The van der Waals surface area contributed by atoms with Crippen LogP contribution in [0.4, 0.5) is 4.39 Å². The molecule has 0 spiro atoms. The van der Waals surface area contributed by atoms with E-state index < -0.39 is 11.5 Å². The van der Waals surface area contributed by atoms with Crippen LogP contribution in [0.15, 0.2) is 119 Å². The van der Waals surface area contributed by atoms with Gasteiger partial charge in [0.15, 0.2) is 0 Å². The molecule has 2 unspecified atom stereocenters. The molecule has 3 aliphatic rings. The van der Waals surface area contributed by atoms with Crippen LogP contribution in [0.5, 0.6) is 5.75 Å². The van der Waals surface area contributed by atoms with Gasteiger partial charge in [0.05, 0.1) is 6.42 Å². The minimum Gasteiger partial charge on any atom is -0.489 e. The second-order valence-electron chi connectivity index (χ2n) is 10.2. The van der Waals surface area contributed by atoms with Crippen LogP contribution in [0.25, 0.3) is 0 Å². The first-order chi connectivity index (χ1) is 19.3. The lowest BCUT2D eigenvalue weighted by Gasteiger charge is -2.25. The molecule has 0 bridgehead atoms. The number of rotatable bonds is 8. The number of benzene rings is 2. The number of carbonyl (C=O) groups is 2. The van der Waals surface area contributed by atoms with Crippen LogP contribution in [0.3, 0.4) is 0 Å². The first kappa shape index (κ1) is 27.4. The van der Waals surface area contributed by atoms with E-state index in [1.54, 1.807) is 36.4 Å². The summed E-state index contributed by atoms with van der Waals surface area (Å²) in [6.45, 7) is 0.295. The van der Waals surface area contributed by atoms with E-state index in [1.165, 1.54) is 12.1 Å². The van der Waals surface area contributed by atoms with Crippen molar-refractivity contribution in [2.75, 3.05) is 0 Å². The number of hydrogen-bond acceptors (Lipinski definition) is 3. The highest BCUT2D eigenvalue weighted by atomic mass is 35.5. The molecule has 0 heterocycles. The summed E-state index contributed by atoms with van der Waals surface area (Å²) in [7, 11) is 0. The molecule has 5 rings (SSSR count). The first-order valence-electron chi connectivity index (χ1n) is 13.1. The molecule has 0 saturated heterocycles. The molecular weight excluding hydrogens is 529 g/mol. The van der Waals surface area contributed by atoms with Crippen molar-refractivity contribution in [1.29, 1.82) is 0 Å². The number of allylic oxidation sites excluding steroid dienone is 11. The predicted octanol–water partition coefficient (Wildman–Crippen LogP) is 6.73. The van der Waals surface area contributed by atoms with Crippen LogP contribution in [0, 0.1) is 11.7 Å². The van der Waals surface area contributed by atoms with E-state index in [0.717, 1.165) is 34.3 Å². The molecule has 3 aliphatic carbocycles. The largest absolute Gasteiger partial charge is 0.489 e. The maximum atomic E-state index is 13.1. The third-order valence-electron chi connectivity index (χ3n) is 7.34. The Morgan fingerprint density at radius 2 is 1.73 bits per heavy atom. The number of carboxylic acid groups (broad SMARTS) is 1. The third-order valence-corrected chi connectivity index (χ3v) is 7.62. The summed E-state index contributed by atoms with van der Waals surface area (Å²) in [5.74, 6) is -1.15. The van der Waals surface area contributed by atoms with Gasteiger partial charge in [0.1, 0.15) is 23.7 Å². The molecule has 2 aromatic rings. The average Bonchev–Trinajstić information content (AvgIpc) is 3.04. The lowest BCUT2D eigenvalue weighted by Crippen LogP contribution is -2.53. The highest BCUT2D eigenvalue weighted by molar-refractivity contribution is 6.31. The maximum absolute atomic E-state index is 13.1. The number of carboxylic acids is 1. The van der Waals surface area contributed by atoms with Crippen LogP contribution in [-0.2, 0) is 22.6 Å². The molecule has 0 radical (unpaired) electrons. The molecular formula is C33H29ClFNO4. The molecule has 204 valence electrons. The Bertz CT molecular complexity index is 1480. The zero-order chi connectivity index (χ0) is 28.1. The molecule has 1 saturated carbocycles. The summed E-state index contributed by atoms with van der Waals surface area (Å²) < 4.78 is 18.8.